The fraction of sp³-hybridized carbons (Fsp3) is 0.231. The van der Waals surface area contributed by atoms with Gasteiger partial charge in [0.15, 0.2) is 0 Å². The number of aromatic nitrogens is 2. The van der Waals surface area contributed by atoms with Crippen LogP contribution in [0.5, 0.6) is 0 Å². The van der Waals surface area contributed by atoms with E-state index in [0.717, 1.165) is 12.4 Å². The van der Waals surface area contributed by atoms with Crippen molar-refractivity contribution in [2.24, 2.45) is 0 Å². The van der Waals surface area contributed by atoms with Crippen LogP contribution >= 0.6 is 27.5 Å². The van der Waals surface area contributed by atoms with Gasteiger partial charge in [-0.1, -0.05) is 11.6 Å². The van der Waals surface area contributed by atoms with E-state index < -0.39 is 0 Å². The van der Waals surface area contributed by atoms with E-state index >= 15 is 0 Å². The predicted molar refractivity (Wildman–Crippen MR) is 80.9 cm³/mol. The first-order valence-electron chi connectivity index (χ1n) is 5.86. The SMILES string of the molecule is CCNc1ccc(Cl)c(Cn2cccc(Br)c2=O)n1. The molecule has 100 valence electrons. The van der Waals surface area contributed by atoms with E-state index in [9.17, 15) is 4.79 Å². The Hall–Kier alpha value is -1.33. The highest BCUT2D eigenvalue weighted by atomic mass is 79.9. The van der Waals surface area contributed by atoms with E-state index in [0.29, 0.717) is 21.7 Å². The zero-order valence-corrected chi connectivity index (χ0v) is 12.7. The maximum absolute atomic E-state index is 11.9. The second-order valence-corrected chi connectivity index (χ2v) is 5.21. The highest BCUT2D eigenvalue weighted by Gasteiger charge is 2.07. The molecule has 0 bridgehead atoms. The minimum atomic E-state index is -0.103. The molecule has 2 heterocycles. The Kier molecular flexibility index (Phi) is 4.61. The van der Waals surface area contributed by atoms with Gasteiger partial charge in [-0.2, -0.15) is 0 Å². The molecule has 0 aliphatic heterocycles. The lowest BCUT2D eigenvalue weighted by Gasteiger charge is -2.09. The summed E-state index contributed by atoms with van der Waals surface area (Å²) >= 11 is 9.34. The van der Waals surface area contributed by atoms with Crippen molar-refractivity contribution < 1.29 is 0 Å². The first-order valence-corrected chi connectivity index (χ1v) is 7.03. The summed E-state index contributed by atoms with van der Waals surface area (Å²) in [6.45, 7) is 3.12. The lowest BCUT2D eigenvalue weighted by molar-refractivity contribution is 0.736. The zero-order valence-electron chi connectivity index (χ0n) is 10.4. The third-order valence-electron chi connectivity index (χ3n) is 2.57. The number of anilines is 1. The van der Waals surface area contributed by atoms with Crippen LogP contribution in [0.2, 0.25) is 5.02 Å². The van der Waals surface area contributed by atoms with Gasteiger partial charge in [0.2, 0.25) is 0 Å². The van der Waals surface area contributed by atoms with Crippen LogP contribution in [-0.2, 0) is 6.54 Å². The van der Waals surface area contributed by atoms with E-state index in [1.54, 1.807) is 29.0 Å². The highest BCUT2D eigenvalue weighted by Crippen LogP contribution is 2.17. The second kappa shape index (κ2) is 6.21. The molecular weight excluding hydrogens is 330 g/mol. The van der Waals surface area contributed by atoms with Crippen LogP contribution in [-0.4, -0.2) is 16.1 Å². The van der Waals surface area contributed by atoms with Crippen LogP contribution in [0.3, 0.4) is 0 Å². The Morgan fingerprint density at radius 3 is 2.95 bits per heavy atom. The molecule has 2 rings (SSSR count). The molecule has 0 aliphatic rings. The number of halogens is 2. The average molecular weight is 343 g/mol. The molecule has 0 atom stereocenters. The molecular formula is C13H13BrClN3O. The monoisotopic (exact) mass is 341 g/mol. The molecule has 2 aromatic heterocycles. The summed E-state index contributed by atoms with van der Waals surface area (Å²) in [7, 11) is 0. The van der Waals surface area contributed by atoms with Gasteiger partial charge >= 0.3 is 0 Å². The van der Waals surface area contributed by atoms with Gasteiger partial charge in [0.1, 0.15) is 5.82 Å². The minimum Gasteiger partial charge on any atom is -0.370 e. The van der Waals surface area contributed by atoms with E-state index in [1.165, 1.54) is 0 Å². The maximum atomic E-state index is 11.9. The summed E-state index contributed by atoms with van der Waals surface area (Å²) < 4.78 is 2.09. The van der Waals surface area contributed by atoms with Crippen molar-refractivity contribution in [2.75, 3.05) is 11.9 Å². The molecule has 6 heteroatoms. The Bertz CT molecular complexity index is 642. The summed E-state index contributed by atoms with van der Waals surface area (Å²) in [5.41, 5.74) is 0.564. The third-order valence-corrected chi connectivity index (χ3v) is 3.52. The van der Waals surface area contributed by atoms with Gasteiger partial charge in [-0.05, 0) is 47.1 Å². The molecule has 19 heavy (non-hydrogen) atoms. The summed E-state index contributed by atoms with van der Waals surface area (Å²) in [6.07, 6.45) is 1.71. The van der Waals surface area contributed by atoms with E-state index in [4.69, 9.17) is 11.6 Å². The molecule has 0 spiro atoms. The van der Waals surface area contributed by atoms with Crippen molar-refractivity contribution in [1.82, 2.24) is 9.55 Å². The Labute approximate surface area is 124 Å². The Morgan fingerprint density at radius 1 is 1.42 bits per heavy atom. The van der Waals surface area contributed by atoms with Crippen LogP contribution < -0.4 is 10.9 Å². The molecule has 0 fully saturated rings. The van der Waals surface area contributed by atoms with E-state index in [2.05, 4.69) is 26.2 Å². The first-order chi connectivity index (χ1) is 9.11. The minimum absolute atomic E-state index is 0.103. The fourth-order valence-corrected chi connectivity index (χ4v) is 2.21. The first kappa shape index (κ1) is 14.1. The molecule has 2 aromatic rings. The van der Waals surface area contributed by atoms with Crippen molar-refractivity contribution in [1.29, 1.82) is 0 Å². The van der Waals surface area contributed by atoms with Crippen LogP contribution in [0, 0.1) is 0 Å². The van der Waals surface area contributed by atoms with Gasteiger partial charge in [0, 0.05) is 12.7 Å². The average Bonchev–Trinajstić information content (AvgIpc) is 2.39. The summed E-state index contributed by atoms with van der Waals surface area (Å²) in [6, 6.07) is 7.11. The lowest BCUT2D eigenvalue weighted by atomic mass is 10.3. The quantitative estimate of drug-likeness (QED) is 0.928. The zero-order chi connectivity index (χ0) is 13.8. The van der Waals surface area contributed by atoms with Gasteiger partial charge in [0.05, 0.1) is 21.7 Å². The molecule has 0 aliphatic carbocycles. The molecule has 0 saturated heterocycles. The molecule has 4 nitrogen and oxygen atoms in total. The summed E-state index contributed by atoms with van der Waals surface area (Å²) in [5, 5.41) is 3.67. The van der Waals surface area contributed by atoms with Gasteiger partial charge < -0.3 is 9.88 Å². The largest absolute Gasteiger partial charge is 0.370 e. The maximum Gasteiger partial charge on any atom is 0.265 e. The molecule has 1 N–H and O–H groups in total. The van der Waals surface area contributed by atoms with Crippen molar-refractivity contribution in [3.63, 3.8) is 0 Å². The van der Waals surface area contributed by atoms with Crippen LogP contribution in [0.4, 0.5) is 5.82 Å². The van der Waals surface area contributed by atoms with E-state index in [1.807, 2.05) is 13.0 Å². The van der Waals surface area contributed by atoms with Crippen LogP contribution in [0.15, 0.2) is 39.7 Å². The van der Waals surface area contributed by atoms with Gasteiger partial charge in [-0.25, -0.2) is 4.98 Å². The van der Waals surface area contributed by atoms with E-state index in [-0.39, 0.29) is 5.56 Å². The highest BCUT2D eigenvalue weighted by molar-refractivity contribution is 9.10. The number of hydrogen-bond acceptors (Lipinski definition) is 3. The Morgan fingerprint density at radius 2 is 2.21 bits per heavy atom. The molecule has 0 unspecified atom stereocenters. The van der Waals surface area contributed by atoms with Crippen molar-refractivity contribution in [3.05, 3.63) is 56.0 Å². The van der Waals surface area contributed by atoms with Gasteiger partial charge in [-0.3, -0.25) is 4.79 Å². The lowest BCUT2D eigenvalue weighted by Crippen LogP contribution is -2.21. The number of rotatable bonds is 4. The topological polar surface area (TPSA) is 46.9 Å². The van der Waals surface area contributed by atoms with Crippen molar-refractivity contribution in [2.45, 2.75) is 13.5 Å². The predicted octanol–water partition coefficient (Wildman–Crippen LogP) is 3.14. The normalized spacial score (nSPS) is 10.5. The van der Waals surface area contributed by atoms with Crippen LogP contribution in [0.25, 0.3) is 0 Å². The Balaban J connectivity index is 2.34. The fourth-order valence-electron chi connectivity index (χ4n) is 1.67. The van der Waals surface area contributed by atoms with Crippen LogP contribution in [0.1, 0.15) is 12.6 Å². The molecule has 0 saturated carbocycles. The second-order valence-electron chi connectivity index (χ2n) is 3.94. The van der Waals surface area contributed by atoms with Crippen molar-refractivity contribution in [3.8, 4) is 0 Å². The number of hydrogen-bond donors (Lipinski definition) is 1. The molecule has 0 aromatic carbocycles. The standard InChI is InChI=1S/C13H13BrClN3O/c1-2-16-12-6-5-10(15)11(17-12)8-18-7-3-4-9(14)13(18)19/h3-7H,2,8H2,1H3,(H,16,17). The number of pyridine rings is 2. The number of nitrogens with one attached hydrogen (secondary N) is 1. The summed E-state index contributed by atoms with van der Waals surface area (Å²) in [4.78, 5) is 16.3. The number of nitrogens with zero attached hydrogens (tertiary/aromatic N) is 2. The smallest absolute Gasteiger partial charge is 0.265 e. The summed E-state index contributed by atoms with van der Waals surface area (Å²) in [5.74, 6) is 0.755. The van der Waals surface area contributed by atoms with Crippen molar-refractivity contribution >= 4 is 33.3 Å². The molecule has 0 radical (unpaired) electrons. The van der Waals surface area contributed by atoms with Gasteiger partial charge in [-0.15, -0.1) is 0 Å². The van der Waals surface area contributed by atoms with Gasteiger partial charge in [0.25, 0.3) is 5.56 Å². The third kappa shape index (κ3) is 3.36. The molecule has 0 amide bonds.